The molecular formula is C25H30O12. The second kappa shape index (κ2) is 11.2. The number of benzene rings is 1. The smallest absolute Gasteiger partial charge is 0.334 e. The summed E-state index contributed by atoms with van der Waals surface area (Å²) in [6.07, 6.45) is -5.42. The SMILES string of the molecule is C[C@@H]1[C@H]2[C@H](O[C@@H]3O[C@H](CO)[C@@H](O)[C@H](O)[C@H]3O)OC=C(C(=O)O)[C@H]2C[C@@H]1OC(=O)/C=C/c1ccc(O)cc1. The molecule has 0 bridgehead atoms. The molecule has 0 amide bonds. The average Bonchev–Trinajstić information content (AvgIpc) is 3.19. The lowest BCUT2D eigenvalue weighted by Gasteiger charge is -2.43. The molecular weight excluding hydrogens is 492 g/mol. The van der Waals surface area contributed by atoms with Crippen LogP contribution in [0.5, 0.6) is 5.75 Å². The molecule has 10 atom stereocenters. The van der Waals surface area contributed by atoms with Crippen LogP contribution in [0.4, 0.5) is 0 Å². The average molecular weight is 523 g/mol. The van der Waals surface area contributed by atoms with Gasteiger partial charge in [0.1, 0.15) is 36.3 Å². The van der Waals surface area contributed by atoms with Crippen molar-refractivity contribution >= 4 is 18.0 Å². The van der Waals surface area contributed by atoms with Crippen LogP contribution >= 0.6 is 0 Å². The molecule has 1 saturated carbocycles. The third-order valence-electron chi connectivity index (χ3n) is 7.12. The van der Waals surface area contributed by atoms with E-state index in [1.54, 1.807) is 19.1 Å². The number of aliphatic hydroxyl groups is 4. The van der Waals surface area contributed by atoms with E-state index in [1.807, 2.05) is 0 Å². The number of carbonyl (C=O) groups excluding carboxylic acids is 1. The van der Waals surface area contributed by atoms with Crippen LogP contribution in [0.1, 0.15) is 18.9 Å². The minimum Gasteiger partial charge on any atom is -0.508 e. The van der Waals surface area contributed by atoms with E-state index in [0.717, 1.165) is 6.26 Å². The normalized spacial score (nSPS) is 37.5. The highest BCUT2D eigenvalue weighted by molar-refractivity contribution is 5.88. The molecule has 0 radical (unpaired) electrons. The number of rotatable bonds is 7. The highest BCUT2D eigenvalue weighted by atomic mass is 16.8. The van der Waals surface area contributed by atoms with Gasteiger partial charge < -0.3 is 49.6 Å². The van der Waals surface area contributed by atoms with E-state index in [9.17, 15) is 40.2 Å². The molecule has 2 heterocycles. The number of fused-ring (bicyclic) bond motifs is 1. The van der Waals surface area contributed by atoms with Crippen LogP contribution in [0.2, 0.25) is 0 Å². The van der Waals surface area contributed by atoms with E-state index < -0.39 is 79.4 Å². The predicted octanol–water partition coefficient (Wildman–Crippen LogP) is -0.269. The zero-order valence-corrected chi connectivity index (χ0v) is 19.9. The molecule has 1 aliphatic carbocycles. The number of ether oxygens (including phenoxy) is 4. The molecule has 2 aliphatic heterocycles. The maximum absolute atomic E-state index is 12.5. The van der Waals surface area contributed by atoms with E-state index in [0.29, 0.717) is 5.56 Å². The summed E-state index contributed by atoms with van der Waals surface area (Å²) in [6.45, 7) is 1.11. The highest BCUT2D eigenvalue weighted by Crippen LogP contribution is 2.48. The third kappa shape index (κ3) is 5.64. The van der Waals surface area contributed by atoms with Crippen LogP contribution in [-0.4, -0.2) is 92.3 Å². The van der Waals surface area contributed by atoms with Crippen LogP contribution < -0.4 is 0 Å². The molecule has 6 N–H and O–H groups in total. The van der Waals surface area contributed by atoms with E-state index in [-0.39, 0.29) is 17.7 Å². The lowest BCUT2D eigenvalue weighted by molar-refractivity contribution is -0.342. The van der Waals surface area contributed by atoms with Crippen molar-refractivity contribution in [3.05, 3.63) is 47.7 Å². The number of carboxylic acid groups (broad SMARTS) is 1. The Morgan fingerprint density at radius 3 is 2.43 bits per heavy atom. The summed E-state index contributed by atoms with van der Waals surface area (Å²) in [5.41, 5.74) is 0.643. The third-order valence-corrected chi connectivity index (χ3v) is 7.12. The second-order valence-corrected chi connectivity index (χ2v) is 9.40. The topological polar surface area (TPSA) is 192 Å². The number of aliphatic carboxylic acids is 1. The van der Waals surface area contributed by atoms with E-state index in [4.69, 9.17) is 18.9 Å². The number of phenols is 1. The number of carbonyl (C=O) groups is 2. The Morgan fingerprint density at radius 1 is 1.08 bits per heavy atom. The molecule has 2 fully saturated rings. The van der Waals surface area contributed by atoms with Crippen LogP contribution in [0.25, 0.3) is 6.08 Å². The number of aliphatic hydroxyl groups excluding tert-OH is 4. The minimum atomic E-state index is -1.67. The van der Waals surface area contributed by atoms with Crippen LogP contribution in [0.15, 0.2) is 42.2 Å². The molecule has 12 heteroatoms. The maximum Gasteiger partial charge on any atom is 0.334 e. The Hall–Kier alpha value is -3.00. The van der Waals surface area contributed by atoms with E-state index in [2.05, 4.69) is 0 Å². The minimum absolute atomic E-state index is 0.0244. The molecule has 1 saturated heterocycles. The number of hydrogen-bond acceptors (Lipinski definition) is 11. The van der Waals surface area contributed by atoms with E-state index in [1.165, 1.54) is 24.3 Å². The van der Waals surface area contributed by atoms with Gasteiger partial charge in [-0.15, -0.1) is 0 Å². The fourth-order valence-corrected chi connectivity index (χ4v) is 5.06. The first-order valence-corrected chi connectivity index (χ1v) is 11.8. The van der Waals surface area contributed by atoms with Crippen LogP contribution in [0, 0.1) is 17.8 Å². The fourth-order valence-electron chi connectivity index (χ4n) is 5.06. The van der Waals surface area contributed by atoms with Crippen molar-refractivity contribution in [3.8, 4) is 5.75 Å². The first-order valence-electron chi connectivity index (χ1n) is 11.8. The first kappa shape index (κ1) is 27.0. The quantitative estimate of drug-likeness (QED) is 0.203. The summed E-state index contributed by atoms with van der Waals surface area (Å²) in [6, 6.07) is 6.19. The Kier molecular flexibility index (Phi) is 8.17. The van der Waals surface area contributed by atoms with Gasteiger partial charge >= 0.3 is 11.9 Å². The summed E-state index contributed by atoms with van der Waals surface area (Å²) in [4.78, 5) is 24.3. The number of hydrogen-bond donors (Lipinski definition) is 6. The van der Waals surface area contributed by atoms with Gasteiger partial charge in [-0.05, 0) is 30.2 Å². The standard InChI is InChI=1S/C25H30O12/c1-11-16(35-18(28)7-4-12-2-5-13(27)6-3-12)8-14-15(23(32)33)10-34-24(19(11)14)37-25-22(31)21(30)20(29)17(9-26)36-25/h2-7,10-11,14,16-17,19-22,24-27,29-31H,8-9H2,1H3,(H,32,33)/b7-4+/t11-,14+,16-,17+,19+,20+,21-,22+,24-,25-/m0/s1. The molecule has 202 valence electrons. The summed E-state index contributed by atoms with van der Waals surface area (Å²) >= 11 is 0. The zero-order chi connectivity index (χ0) is 26.9. The molecule has 1 aromatic carbocycles. The largest absolute Gasteiger partial charge is 0.508 e. The Labute approximate surface area is 212 Å². The predicted molar refractivity (Wildman–Crippen MR) is 123 cm³/mol. The van der Waals surface area contributed by atoms with Gasteiger partial charge in [0.15, 0.2) is 6.29 Å². The Bertz CT molecular complexity index is 1030. The van der Waals surface area contributed by atoms with Gasteiger partial charge in [0.25, 0.3) is 0 Å². The molecule has 3 aliphatic rings. The van der Waals surface area contributed by atoms with Gasteiger partial charge in [-0.25, -0.2) is 9.59 Å². The van der Waals surface area contributed by atoms with Crippen molar-refractivity contribution in [2.24, 2.45) is 17.8 Å². The van der Waals surface area contributed by atoms with Crippen molar-refractivity contribution in [1.29, 1.82) is 0 Å². The summed E-state index contributed by atoms with van der Waals surface area (Å²) in [7, 11) is 0. The Morgan fingerprint density at radius 2 is 1.78 bits per heavy atom. The van der Waals surface area contributed by atoms with Gasteiger partial charge in [-0.3, -0.25) is 0 Å². The van der Waals surface area contributed by atoms with Gasteiger partial charge in [-0.2, -0.15) is 0 Å². The fraction of sp³-hybridized carbons (Fsp3) is 0.520. The van der Waals surface area contributed by atoms with Crippen molar-refractivity contribution in [2.75, 3.05) is 6.61 Å². The van der Waals surface area contributed by atoms with Gasteiger partial charge in [0, 0.05) is 23.8 Å². The second-order valence-electron chi connectivity index (χ2n) is 9.40. The number of carboxylic acids is 1. The van der Waals surface area contributed by atoms with Crippen molar-refractivity contribution in [2.45, 2.75) is 56.4 Å². The molecule has 1 aromatic rings. The van der Waals surface area contributed by atoms with Crippen LogP contribution in [-0.2, 0) is 28.5 Å². The van der Waals surface area contributed by atoms with Gasteiger partial charge in [0.05, 0.1) is 18.4 Å². The molecule has 4 rings (SSSR count). The lowest BCUT2D eigenvalue weighted by Crippen LogP contribution is -2.60. The van der Waals surface area contributed by atoms with Gasteiger partial charge in [0.2, 0.25) is 6.29 Å². The van der Waals surface area contributed by atoms with Crippen molar-refractivity contribution in [3.63, 3.8) is 0 Å². The lowest BCUT2D eigenvalue weighted by atomic mass is 9.83. The van der Waals surface area contributed by atoms with Crippen molar-refractivity contribution < 1.29 is 59.2 Å². The molecule has 0 spiro atoms. The highest BCUT2D eigenvalue weighted by Gasteiger charge is 2.54. The van der Waals surface area contributed by atoms with E-state index >= 15 is 0 Å². The first-order chi connectivity index (χ1) is 17.6. The summed E-state index contributed by atoms with van der Waals surface area (Å²) in [5, 5.41) is 58.9. The van der Waals surface area contributed by atoms with Crippen LogP contribution in [0.3, 0.4) is 0 Å². The Balaban J connectivity index is 1.48. The summed E-state index contributed by atoms with van der Waals surface area (Å²) in [5.74, 6) is -3.43. The molecule has 12 nitrogen and oxygen atoms in total. The molecule has 0 unspecified atom stereocenters. The van der Waals surface area contributed by atoms with Crippen molar-refractivity contribution in [1.82, 2.24) is 0 Å². The molecule has 37 heavy (non-hydrogen) atoms. The number of esters is 1. The zero-order valence-electron chi connectivity index (χ0n) is 19.9. The number of phenolic OH excluding ortho intramolecular Hbond substituents is 1. The maximum atomic E-state index is 12.5. The summed E-state index contributed by atoms with van der Waals surface area (Å²) < 4.78 is 22.4. The monoisotopic (exact) mass is 522 g/mol. The molecule has 0 aromatic heterocycles. The van der Waals surface area contributed by atoms with Gasteiger partial charge in [-0.1, -0.05) is 19.1 Å². The number of aromatic hydroxyl groups is 1.